The first kappa shape index (κ1) is 12.1. The molecule has 1 heterocycles. The summed E-state index contributed by atoms with van der Waals surface area (Å²) in [6.45, 7) is 0. The molecule has 0 radical (unpaired) electrons. The molecular formula is C12H9IOS2. The monoisotopic (exact) mass is 360 g/mol. The van der Waals surface area contributed by atoms with Crippen LogP contribution in [0.4, 0.5) is 0 Å². The Kier molecular flexibility index (Phi) is 4.43. The van der Waals surface area contributed by atoms with Crippen LogP contribution in [0.25, 0.3) is 0 Å². The van der Waals surface area contributed by atoms with Crippen LogP contribution < -0.4 is 0 Å². The molecule has 16 heavy (non-hydrogen) atoms. The molecule has 0 bridgehead atoms. The smallest absolute Gasteiger partial charge is 0.173 e. The molecule has 0 spiro atoms. The van der Waals surface area contributed by atoms with Gasteiger partial charge in [0.2, 0.25) is 0 Å². The first-order chi connectivity index (χ1) is 7.75. The molecule has 0 saturated heterocycles. The topological polar surface area (TPSA) is 17.1 Å². The number of carbonyl (C=O) groups is 1. The number of halogens is 1. The molecular weight excluding hydrogens is 351 g/mol. The fourth-order valence-corrected chi connectivity index (χ4v) is 3.24. The number of hydrogen-bond acceptors (Lipinski definition) is 3. The summed E-state index contributed by atoms with van der Waals surface area (Å²) in [5.41, 5.74) is 0.796. The average Bonchev–Trinajstić information content (AvgIpc) is 2.80. The minimum atomic E-state index is 0.190. The van der Waals surface area contributed by atoms with Gasteiger partial charge in [0.15, 0.2) is 5.78 Å². The van der Waals surface area contributed by atoms with Gasteiger partial charge in [-0.15, -0.1) is 23.1 Å². The minimum Gasteiger partial charge on any atom is -0.293 e. The molecule has 1 aromatic heterocycles. The van der Waals surface area contributed by atoms with Crippen LogP contribution in [0.3, 0.4) is 0 Å². The Morgan fingerprint density at radius 3 is 2.62 bits per heavy atom. The molecule has 0 aliphatic carbocycles. The summed E-state index contributed by atoms with van der Waals surface area (Å²) in [6, 6.07) is 11.7. The summed E-state index contributed by atoms with van der Waals surface area (Å²) in [7, 11) is 0. The number of carbonyl (C=O) groups excluding carboxylic acids is 1. The Hall–Kier alpha value is -0.330. The lowest BCUT2D eigenvalue weighted by Gasteiger charge is -1.99. The largest absolute Gasteiger partial charge is 0.293 e. The van der Waals surface area contributed by atoms with Crippen LogP contribution in [0.1, 0.15) is 10.4 Å². The Balaban J connectivity index is 1.95. The molecule has 82 valence electrons. The second-order valence-electron chi connectivity index (χ2n) is 3.15. The maximum atomic E-state index is 11.8. The fraction of sp³-hybridized carbons (Fsp3) is 0.0833. The van der Waals surface area contributed by atoms with E-state index in [4.69, 9.17) is 0 Å². The van der Waals surface area contributed by atoms with Gasteiger partial charge in [-0.2, -0.15) is 0 Å². The summed E-state index contributed by atoms with van der Waals surface area (Å²) in [6.07, 6.45) is 0. The summed E-state index contributed by atoms with van der Waals surface area (Å²) in [5, 5.41) is 2.03. The Morgan fingerprint density at radius 1 is 1.25 bits per heavy atom. The molecule has 0 amide bonds. The summed E-state index contributed by atoms with van der Waals surface area (Å²) in [4.78, 5) is 11.8. The number of thiophene rings is 1. The van der Waals surface area contributed by atoms with Crippen molar-refractivity contribution in [3.63, 3.8) is 0 Å². The van der Waals surface area contributed by atoms with Crippen LogP contribution in [0, 0.1) is 3.57 Å². The van der Waals surface area contributed by atoms with Gasteiger partial charge in [0.05, 0.1) is 9.96 Å². The van der Waals surface area contributed by atoms with Crippen molar-refractivity contribution in [1.29, 1.82) is 0 Å². The Morgan fingerprint density at radius 2 is 2.00 bits per heavy atom. The van der Waals surface area contributed by atoms with E-state index in [1.807, 2.05) is 41.8 Å². The highest BCUT2D eigenvalue weighted by molar-refractivity contribution is 14.1. The molecule has 0 unspecified atom stereocenters. The van der Waals surface area contributed by atoms with Crippen LogP contribution in [-0.2, 0) is 0 Å². The van der Waals surface area contributed by atoms with Crippen molar-refractivity contribution in [2.75, 3.05) is 5.75 Å². The number of ketones is 1. The van der Waals surface area contributed by atoms with Gasteiger partial charge in [-0.05, 0) is 46.2 Å². The molecule has 0 saturated carbocycles. The first-order valence-corrected chi connectivity index (χ1v) is 7.65. The second-order valence-corrected chi connectivity index (χ2v) is 6.62. The van der Waals surface area contributed by atoms with E-state index in [1.54, 1.807) is 23.1 Å². The third kappa shape index (κ3) is 3.33. The number of thioether (sulfide) groups is 1. The number of benzene rings is 1. The van der Waals surface area contributed by atoms with Gasteiger partial charge in [0.25, 0.3) is 0 Å². The zero-order chi connectivity index (χ0) is 11.4. The number of hydrogen-bond donors (Lipinski definition) is 0. The highest BCUT2D eigenvalue weighted by atomic mass is 127. The molecule has 0 N–H and O–H groups in total. The first-order valence-electron chi connectivity index (χ1n) is 4.71. The maximum absolute atomic E-state index is 11.8. The molecule has 2 rings (SSSR count). The lowest BCUT2D eigenvalue weighted by Crippen LogP contribution is -2.01. The second kappa shape index (κ2) is 5.84. The Bertz CT molecular complexity index is 462. The molecule has 0 aliphatic rings. The number of rotatable bonds is 4. The molecule has 1 aromatic carbocycles. The summed E-state index contributed by atoms with van der Waals surface area (Å²) < 4.78 is 2.35. The van der Waals surface area contributed by atoms with Crippen molar-refractivity contribution in [1.82, 2.24) is 0 Å². The van der Waals surface area contributed by atoms with Crippen molar-refractivity contribution in [2.24, 2.45) is 0 Å². The van der Waals surface area contributed by atoms with Crippen molar-refractivity contribution in [2.45, 2.75) is 4.21 Å². The van der Waals surface area contributed by atoms with Gasteiger partial charge in [0, 0.05) is 9.13 Å². The lowest BCUT2D eigenvalue weighted by molar-refractivity contribution is 0.102. The van der Waals surface area contributed by atoms with E-state index in [0.717, 1.165) is 9.13 Å². The van der Waals surface area contributed by atoms with Crippen molar-refractivity contribution >= 4 is 51.5 Å². The quantitative estimate of drug-likeness (QED) is 0.459. The van der Waals surface area contributed by atoms with Crippen LogP contribution in [0.5, 0.6) is 0 Å². The standard InChI is InChI=1S/C12H9IOS2/c13-10-5-3-9(4-6-10)11(14)8-16-12-2-1-7-15-12/h1-7H,8H2. The van der Waals surface area contributed by atoms with E-state index in [1.165, 1.54) is 4.21 Å². The number of Topliss-reactive ketones (excluding diaryl/α,β-unsaturated/α-hetero) is 1. The van der Waals surface area contributed by atoms with Crippen LogP contribution in [-0.4, -0.2) is 11.5 Å². The van der Waals surface area contributed by atoms with Crippen molar-refractivity contribution in [3.8, 4) is 0 Å². The van der Waals surface area contributed by atoms with Gasteiger partial charge in [-0.1, -0.05) is 18.2 Å². The third-order valence-corrected chi connectivity index (χ3v) is 4.86. The van der Waals surface area contributed by atoms with Gasteiger partial charge in [-0.25, -0.2) is 0 Å². The zero-order valence-corrected chi connectivity index (χ0v) is 12.1. The normalized spacial score (nSPS) is 10.3. The average molecular weight is 360 g/mol. The van der Waals surface area contributed by atoms with E-state index < -0.39 is 0 Å². The van der Waals surface area contributed by atoms with E-state index in [9.17, 15) is 4.79 Å². The highest BCUT2D eigenvalue weighted by Gasteiger charge is 2.06. The van der Waals surface area contributed by atoms with Gasteiger partial charge < -0.3 is 0 Å². The fourth-order valence-electron chi connectivity index (χ4n) is 1.20. The molecule has 4 heteroatoms. The summed E-state index contributed by atoms with van der Waals surface area (Å²) in [5.74, 6) is 0.705. The SMILES string of the molecule is O=C(CSc1cccs1)c1ccc(I)cc1. The van der Waals surface area contributed by atoms with Crippen molar-refractivity contribution < 1.29 is 4.79 Å². The van der Waals surface area contributed by atoms with E-state index in [2.05, 4.69) is 22.6 Å². The van der Waals surface area contributed by atoms with Crippen molar-refractivity contribution in [3.05, 3.63) is 50.9 Å². The lowest BCUT2D eigenvalue weighted by atomic mass is 10.2. The maximum Gasteiger partial charge on any atom is 0.173 e. The van der Waals surface area contributed by atoms with E-state index in [0.29, 0.717) is 5.75 Å². The zero-order valence-electron chi connectivity index (χ0n) is 8.35. The van der Waals surface area contributed by atoms with Gasteiger partial charge in [0.1, 0.15) is 0 Å². The van der Waals surface area contributed by atoms with Crippen LogP contribution in [0.15, 0.2) is 46.0 Å². The minimum absolute atomic E-state index is 0.190. The highest BCUT2D eigenvalue weighted by Crippen LogP contribution is 2.24. The molecule has 0 fully saturated rings. The predicted molar refractivity (Wildman–Crippen MR) is 78.5 cm³/mol. The van der Waals surface area contributed by atoms with Crippen LogP contribution in [0.2, 0.25) is 0 Å². The molecule has 0 atom stereocenters. The van der Waals surface area contributed by atoms with Gasteiger partial charge >= 0.3 is 0 Å². The third-order valence-electron chi connectivity index (χ3n) is 2.01. The van der Waals surface area contributed by atoms with E-state index >= 15 is 0 Å². The van der Waals surface area contributed by atoms with Crippen LogP contribution >= 0.6 is 45.7 Å². The van der Waals surface area contributed by atoms with E-state index in [-0.39, 0.29) is 5.78 Å². The predicted octanol–water partition coefficient (Wildman–Crippen LogP) is 4.33. The summed E-state index contributed by atoms with van der Waals surface area (Å²) >= 11 is 5.51. The van der Waals surface area contributed by atoms with Gasteiger partial charge in [-0.3, -0.25) is 4.79 Å². The molecule has 2 aromatic rings. The molecule has 0 aliphatic heterocycles. The Labute approximate surface area is 116 Å². The molecule has 1 nitrogen and oxygen atoms in total.